The second-order valence-electron chi connectivity index (χ2n) is 5.94. The molecule has 1 unspecified atom stereocenters. The van der Waals surface area contributed by atoms with Crippen LogP contribution in [0.15, 0.2) is 42.5 Å². The summed E-state index contributed by atoms with van der Waals surface area (Å²) in [5.74, 6) is 0.907. The number of ether oxygens (including phenoxy) is 1. The molecular formula is C21H26N2O. The van der Waals surface area contributed by atoms with E-state index in [4.69, 9.17) is 10.00 Å². The third-order valence-electron chi connectivity index (χ3n) is 4.28. The highest BCUT2D eigenvalue weighted by atomic mass is 16.5. The molecule has 1 N–H and O–H groups in total. The van der Waals surface area contributed by atoms with Gasteiger partial charge in [-0.1, -0.05) is 44.9 Å². The SMILES string of the molecule is CCCC.COc1ccc2c(c1)CCNC2c1ccc(C#N)cc1. The molecule has 0 radical (unpaired) electrons. The number of nitriles is 1. The van der Waals surface area contributed by atoms with Crippen molar-refractivity contribution < 1.29 is 4.74 Å². The van der Waals surface area contributed by atoms with Gasteiger partial charge in [0.2, 0.25) is 0 Å². The molecule has 3 heteroatoms. The fraction of sp³-hybridized carbons (Fsp3) is 0.381. The van der Waals surface area contributed by atoms with Crippen LogP contribution < -0.4 is 10.1 Å². The molecule has 0 saturated carbocycles. The number of nitrogens with zero attached hydrogens (tertiary/aromatic N) is 1. The van der Waals surface area contributed by atoms with Crippen molar-refractivity contribution in [1.29, 1.82) is 5.26 Å². The molecule has 3 rings (SSSR count). The van der Waals surface area contributed by atoms with Gasteiger partial charge in [-0.3, -0.25) is 0 Å². The number of nitrogens with one attached hydrogen (secondary N) is 1. The summed E-state index contributed by atoms with van der Waals surface area (Å²) in [5.41, 5.74) is 4.51. The van der Waals surface area contributed by atoms with Gasteiger partial charge in [0.05, 0.1) is 24.8 Å². The number of benzene rings is 2. The van der Waals surface area contributed by atoms with Crippen LogP contribution in [0.2, 0.25) is 0 Å². The quantitative estimate of drug-likeness (QED) is 0.897. The van der Waals surface area contributed by atoms with Gasteiger partial charge in [0, 0.05) is 6.54 Å². The van der Waals surface area contributed by atoms with E-state index in [1.165, 1.54) is 29.5 Å². The Morgan fingerprint density at radius 1 is 1.12 bits per heavy atom. The highest BCUT2D eigenvalue weighted by Gasteiger charge is 2.21. The van der Waals surface area contributed by atoms with Crippen LogP contribution in [0, 0.1) is 11.3 Å². The molecule has 1 atom stereocenters. The zero-order valence-corrected chi connectivity index (χ0v) is 14.8. The van der Waals surface area contributed by atoms with E-state index in [2.05, 4.69) is 37.4 Å². The third kappa shape index (κ3) is 4.37. The summed E-state index contributed by atoms with van der Waals surface area (Å²) in [6.07, 6.45) is 3.65. The number of hydrogen-bond donors (Lipinski definition) is 1. The van der Waals surface area contributed by atoms with E-state index in [-0.39, 0.29) is 6.04 Å². The molecule has 126 valence electrons. The number of unbranched alkanes of at least 4 members (excludes halogenated alkanes) is 1. The number of fused-ring (bicyclic) bond motifs is 1. The molecular weight excluding hydrogens is 296 g/mol. The van der Waals surface area contributed by atoms with E-state index in [0.717, 1.165) is 18.7 Å². The average Bonchev–Trinajstić information content (AvgIpc) is 2.67. The first-order chi connectivity index (χ1) is 11.7. The van der Waals surface area contributed by atoms with Crippen LogP contribution >= 0.6 is 0 Å². The summed E-state index contributed by atoms with van der Waals surface area (Å²) in [5, 5.41) is 12.4. The lowest BCUT2D eigenvalue weighted by Gasteiger charge is -2.27. The molecule has 0 saturated heterocycles. The van der Waals surface area contributed by atoms with Gasteiger partial charge in [0.1, 0.15) is 5.75 Å². The summed E-state index contributed by atoms with van der Waals surface area (Å²) in [7, 11) is 1.70. The van der Waals surface area contributed by atoms with Gasteiger partial charge >= 0.3 is 0 Å². The molecule has 1 heterocycles. The smallest absolute Gasteiger partial charge is 0.119 e. The molecule has 0 amide bonds. The summed E-state index contributed by atoms with van der Waals surface area (Å²) in [6.45, 7) is 5.31. The van der Waals surface area contributed by atoms with Crippen LogP contribution in [-0.2, 0) is 6.42 Å². The van der Waals surface area contributed by atoms with Crippen LogP contribution in [0.1, 0.15) is 55.0 Å². The minimum Gasteiger partial charge on any atom is -0.497 e. The van der Waals surface area contributed by atoms with Crippen molar-refractivity contribution >= 4 is 0 Å². The van der Waals surface area contributed by atoms with Gasteiger partial charge in [0.15, 0.2) is 0 Å². The molecule has 2 aromatic rings. The average molecular weight is 322 g/mol. The van der Waals surface area contributed by atoms with E-state index in [1.54, 1.807) is 7.11 Å². The predicted molar refractivity (Wildman–Crippen MR) is 98.3 cm³/mol. The van der Waals surface area contributed by atoms with Crippen molar-refractivity contribution in [3.63, 3.8) is 0 Å². The third-order valence-corrected chi connectivity index (χ3v) is 4.28. The predicted octanol–water partition coefficient (Wildman–Crippen LogP) is 4.61. The van der Waals surface area contributed by atoms with Gasteiger partial charge in [-0.05, 0) is 47.4 Å². The molecule has 1 aliphatic heterocycles. The Balaban J connectivity index is 0.000000471. The molecule has 0 aliphatic carbocycles. The second kappa shape index (κ2) is 9.10. The van der Waals surface area contributed by atoms with E-state index in [1.807, 2.05) is 30.3 Å². The fourth-order valence-electron chi connectivity index (χ4n) is 2.72. The largest absolute Gasteiger partial charge is 0.497 e. The molecule has 0 spiro atoms. The van der Waals surface area contributed by atoms with Crippen molar-refractivity contribution in [1.82, 2.24) is 5.32 Å². The summed E-state index contributed by atoms with van der Waals surface area (Å²) >= 11 is 0. The Morgan fingerprint density at radius 3 is 2.42 bits per heavy atom. The van der Waals surface area contributed by atoms with Crippen LogP contribution in [0.3, 0.4) is 0 Å². The minimum atomic E-state index is 0.192. The van der Waals surface area contributed by atoms with Crippen LogP contribution in [0.4, 0.5) is 0 Å². The Labute approximate surface area is 145 Å². The van der Waals surface area contributed by atoms with Crippen molar-refractivity contribution in [2.24, 2.45) is 0 Å². The molecule has 2 aromatic carbocycles. The number of methoxy groups -OCH3 is 1. The summed E-state index contributed by atoms with van der Waals surface area (Å²) in [4.78, 5) is 0. The Hall–Kier alpha value is -2.31. The molecule has 0 fully saturated rings. The van der Waals surface area contributed by atoms with E-state index >= 15 is 0 Å². The Kier molecular flexibility index (Phi) is 6.84. The van der Waals surface area contributed by atoms with Gasteiger partial charge in [-0.15, -0.1) is 0 Å². The second-order valence-corrected chi connectivity index (χ2v) is 5.94. The first-order valence-corrected chi connectivity index (χ1v) is 8.63. The highest BCUT2D eigenvalue weighted by molar-refractivity contribution is 5.44. The maximum atomic E-state index is 8.87. The molecule has 0 bridgehead atoms. The van der Waals surface area contributed by atoms with Gasteiger partial charge < -0.3 is 10.1 Å². The van der Waals surface area contributed by atoms with Crippen molar-refractivity contribution in [2.75, 3.05) is 13.7 Å². The van der Waals surface area contributed by atoms with Gasteiger partial charge in [-0.2, -0.15) is 5.26 Å². The lowest BCUT2D eigenvalue weighted by Crippen LogP contribution is -2.30. The van der Waals surface area contributed by atoms with Crippen LogP contribution in [0.25, 0.3) is 0 Å². The van der Waals surface area contributed by atoms with Crippen molar-refractivity contribution in [2.45, 2.75) is 39.2 Å². The number of hydrogen-bond acceptors (Lipinski definition) is 3. The lowest BCUT2D eigenvalue weighted by molar-refractivity contribution is 0.413. The standard InChI is InChI=1S/C17H16N2O.C4H10/c1-20-15-6-7-16-14(10-15)8-9-19-17(16)13-4-2-12(11-18)3-5-13;1-3-4-2/h2-7,10,17,19H,8-9H2,1H3;3-4H2,1-2H3. The van der Waals surface area contributed by atoms with E-state index in [9.17, 15) is 0 Å². The van der Waals surface area contributed by atoms with E-state index < -0.39 is 0 Å². The zero-order chi connectivity index (χ0) is 17.4. The first kappa shape index (κ1) is 18.0. The Morgan fingerprint density at radius 2 is 1.83 bits per heavy atom. The van der Waals surface area contributed by atoms with Crippen LogP contribution in [0.5, 0.6) is 5.75 Å². The van der Waals surface area contributed by atoms with Crippen molar-refractivity contribution in [3.8, 4) is 11.8 Å². The minimum absolute atomic E-state index is 0.192. The van der Waals surface area contributed by atoms with Gasteiger partial charge in [0.25, 0.3) is 0 Å². The fourth-order valence-corrected chi connectivity index (χ4v) is 2.72. The summed E-state index contributed by atoms with van der Waals surface area (Å²) in [6, 6.07) is 16.4. The maximum absolute atomic E-state index is 8.87. The monoisotopic (exact) mass is 322 g/mol. The molecule has 1 aliphatic rings. The molecule has 24 heavy (non-hydrogen) atoms. The molecule has 0 aromatic heterocycles. The topological polar surface area (TPSA) is 45.0 Å². The first-order valence-electron chi connectivity index (χ1n) is 8.63. The number of rotatable bonds is 3. The summed E-state index contributed by atoms with van der Waals surface area (Å²) < 4.78 is 5.30. The highest BCUT2D eigenvalue weighted by Crippen LogP contribution is 2.31. The van der Waals surface area contributed by atoms with E-state index in [0.29, 0.717) is 5.56 Å². The Bertz CT molecular complexity index is 684. The lowest BCUT2D eigenvalue weighted by atomic mass is 9.89. The zero-order valence-electron chi connectivity index (χ0n) is 14.8. The molecule has 3 nitrogen and oxygen atoms in total. The van der Waals surface area contributed by atoms with Crippen LogP contribution in [-0.4, -0.2) is 13.7 Å². The van der Waals surface area contributed by atoms with Crippen molar-refractivity contribution in [3.05, 3.63) is 64.7 Å². The normalized spacial score (nSPS) is 15.5. The maximum Gasteiger partial charge on any atom is 0.119 e. The van der Waals surface area contributed by atoms with Gasteiger partial charge in [-0.25, -0.2) is 0 Å².